The van der Waals surface area contributed by atoms with Crippen molar-refractivity contribution in [2.75, 3.05) is 53.0 Å². The number of ether oxygens (including phenoxy) is 2. The Kier molecular flexibility index (Phi) is 20.4. The fourth-order valence-corrected chi connectivity index (χ4v) is 5.29. The minimum absolute atomic E-state index is 0. The van der Waals surface area contributed by atoms with Gasteiger partial charge in [0.15, 0.2) is 12.2 Å². The Morgan fingerprint density at radius 1 is 0.935 bits per heavy atom. The summed E-state index contributed by atoms with van der Waals surface area (Å²) in [5.74, 6) is -2.19. The third-order valence-corrected chi connectivity index (χ3v) is 8.23. The lowest BCUT2D eigenvalue weighted by Gasteiger charge is -2.32. The fraction of sp³-hybridized carbons (Fsp3) is 0.552. The quantitative estimate of drug-likeness (QED) is 0.139. The van der Waals surface area contributed by atoms with Crippen LogP contribution < -0.4 is 16.2 Å². The summed E-state index contributed by atoms with van der Waals surface area (Å²) < 4.78 is 11.1. The second-order valence-electron chi connectivity index (χ2n) is 10.6. The molecule has 13 nitrogen and oxygen atoms in total. The van der Waals surface area contributed by atoms with E-state index in [0.29, 0.717) is 13.0 Å². The van der Waals surface area contributed by atoms with E-state index >= 15 is 0 Å². The molecule has 0 unspecified atom stereocenters. The fourth-order valence-electron chi connectivity index (χ4n) is 4.99. The molecule has 2 aliphatic rings. The average Bonchev–Trinajstić information content (AvgIpc) is 3.33. The highest BCUT2D eigenvalue weighted by Gasteiger charge is 2.42. The monoisotopic (exact) mass is 817 g/mol. The Bertz CT molecular complexity index is 1160. The van der Waals surface area contributed by atoms with Gasteiger partial charge >= 0.3 is 0 Å². The predicted molar refractivity (Wildman–Crippen MR) is 184 cm³/mol. The number of fused-ring (bicyclic) bond motifs is 1. The highest BCUT2D eigenvalue weighted by Crippen LogP contribution is 2.31. The number of hydrazine groups is 1. The van der Waals surface area contributed by atoms with Crippen LogP contribution in [-0.4, -0.2) is 126 Å². The molecule has 3 rings (SSSR count). The third kappa shape index (κ3) is 12.8. The summed E-state index contributed by atoms with van der Waals surface area (Å²) in [5, 5.41) is 35.6. The zero-order valence-electron chi connectivity index (χ0n) is 25.3. The van der Waals surface area contributed by atoms with Gasteiger partial charge in [-0.15, -0.1) is 24.8 Å². The molecule has 0 saturated carbocycles. The number of carbonyl (C=O) groups excluding carboxylic acids is 3. The molecule has 1 aromatic carbocycles. The molecule has 0 bridgehead atoms. The lowest BCUT2D eigenvalue weighted by atomic mass is 10.0. The van der Waals surface area contributed by atoms with Crippen molar-refractivity contribution < 1.29 is 39.2 Å². The Labute approximate surface area is 298 Å². The SMILES string of the molecule is CN1CCN(CCC(=O)NNC(=O)[C@H](OC/C=C/Br)[C@H](O)[C@@H](O)[C@@H](OC/C=C/Br)C(=O)N[C@H]2c3ccccc3C[C@H]2O)CC1.Cl.Cl. The van der Waals surface area contributed by atoms with Crippen molar-refractivity contribution in [2.45, 2.75) is 49.4 Å². The van der Waals surface area contributed by atoms with E-state index in [0.717, 1.165) is 37.3 Å². The second kappa shape index (κ2) is 22.1. The van der Waals surface area contributed by atoms with E-state index in [1.54, 1.807) is 12.1 Å². The maximum absolute atomic E-state index is 13.4. The van der Waals surface area contributed by atoms with Crippen LogP contribution in [0.2, 0.25) is 0 Å². The van der Waals surface area contributed by atoms with E-state index in [1.807, 2.05) is 19.2 Å². The molecule has 17 heteroatoms. The van der Waals surface area contributed by atoms with Gasteiger partial charge in [0.25, 0.3) is 11.8 Å². The molecule has 3 amide bonds. The number of rotatable bonds is 15. The Balaban J connectivity index is 0.00000529. The second-order valence-corrected chi connectivity index (χ2v) is 11.7. The molecular formula is C29H43Br2Cl2N5O8. The summed E-state index contributed by atoms with van der Waals surface area (Å²) in [5.41, 5.74) is 6.18. The largest absolute Gasteiger partial charge is 0.390 e. The predicted octanol–water partition coefficient (Wildman–Crippen LogP) is 0.699. The van der Waals surface area contributed by atoms with Crippen molar-refractivity contribution in [3.8, 4) is 0 Å². The van der Waals surface area contributed by atoms with E-state index in [2.05, 4.69) is 57.8 Å². The number of carbonyl (C=O) groups is 3. The van der Waals surface area contributed by atoms with Gasteiger partial charge in [-0.1, -0.05) is 68.3 Å². The molecule has 6 N–H and O–H groups in total. The molecule has 1 aliphatic carbocycles. The van der Waals surface area contributed by atoms with Gasteiger partial charge < -0.3 is 39.9 Å². The third-order valence-electron chi connectivity index (χ3n) is 7.49. The minimum atomic E-state index is -1.95. The number of amides is 3. The highest BCUT2D eigenvalue weighted by molar-refractivity contribution is 9.11. The van der Waals surface area contributed by atoms with Crippen molar-refractivity contribution in [1.82, 2.24) is 26.0 Å². The summed E-state index contributed by atoms with van der Waals surface area (Å²) in [4.78, 5) is 46.3. The van der Waals surface area contributed by atoms with Crippen molar-refractivity contribution >= 4 is 74.4 Å². The van der Waals surface area contributed by atoms with Crippen LogP contribution in [0, 0.1) is 0 Å². The molecule has 1 fully saturated rings. The topological polar surface area (TPSA) is 173 Å². The smallest absolute Gasteiger partial charge is 0.270 e. The van der Waals surface area contributed by atoms with Crippen LogP contribution in [0.25, 0.3) is 0 Å². The number of likely N-dealkylation sites (N-methyl/N-ethyl adjacent to an activating group) is 1. The normalized spacial score (nSPS) is 21.0. The molecule has 1 aromatic rings. The average molecular weight is 820 g/mol. The van der Waals surface area contributed by atoms with Crippen molar-refractivity contribution in [3.05, 3.63) is 57.5 Å². The van der Waals surface area contributed by atoms with Crippen LogP contribution in [0.15, 0.2) is 46.4 Å². The zero-order valence-corrected chi connectivity index (χ0v) is 30.1. The Hall–Kier alpha value is -1.63. The lowest BCUT2D eigenvalue weighted by molar-refractivity contribution is -0.166. The summed E-state index contributed by atoms with van der Waals surface area (Å²) in [6, 6.07) is 6.50. The first kappa shape index (κ1) is 42.4. The van der Waals surface area contributed by atoms with Crippen molar-refractivity contribution in [2.24, 2.45) is 0 Å². The molecule has 0 spiro atoms. The zero-order chi connectivity index (χ0) is 32.1. The number of aliphatic hydroxyl groups excluding tert-OH is 3. The number of hydrogen-bond acceptors (Lipinski definition) is 10. The number of benzene rings is 1. The van der Waals surface area contributed by atoms with Crippen LogP contribution in [-0.2, 0) is 30.3 Å². The summed E-state index contributed by atoms with van der Waals surface area (Å²) in [6.45, 7) is 3.75. The highest BCUT2D eigenvalue weighted by atomic mass is 79.9. The first-order valence-corrected chi connectivity index (χ1v) is 16.1. The van der Waals surface area contributed by atoms with Crippen LogP contribution in [0.4, 0.5) is 0 Å². The van der Waals surface area contributed by atoms with Crippen LogP contribution in [0.1, 0.15) is 23.6 Å². The molecule has 260 valence electrons. The van der Waals surface area contributed by atoms with Gasteiger partial charge in [0, 0.05) is 45.6 Å². The van der Waals surface area contributed by atoms with Gasteiger partial charge in [-0.25, -0.2) is 0 Å². The maximum Gasteiger partial charge on any atom is 0.270 e. The maximum atomic E-state index is 13.4. The van der Waals surface area contributed by atoms with E-state index < -0.39 is 54.3 Å². The number of aliphatic hydroxyl groups is 3. The molecule has 1 heterocycles. The van der Waals surface area contributed by atoms with Crippen molar-refractivity contribution in [1.29, 1.82) is 0 Å². The van der Waals surface area contributed by atoms with E-state index in [4.69, 9.17) is 9.47 Å². The number of halogens is 4. The summed E-state index contributed by atoms with van der Waals surface area (Å²) in [7, 11) is 2.04. The molecule has 1 aliphatic heterocycles. The molecule has 0 aromatic heterocycles. The Morgan fingerprint density at radius 2 is 1.50 bits per heavy atom. The van der Waals surface area contributed by atoms with Crippen LogP contribution in [0.3, 0.4) is 0 Å². The van der Waals surface area contributed by atoms with Crippen LogP contribution in [0.5, 0.6) is 0 Å². The van der Waals surface area contributed by atoms with E-state index in [-0.39, 0.29) is 44.4 Å². The summed E-state index contributed by atoms with van der Waals surface area (Å²) >= 11 is 6.21. The molecular weight excluding hydrogens is 777 g/mol. The van der Waals surface area contributed by atoms with E-state index in [9.17, 15) is 29.7 Å². The van der Waals surface area contributed by atoms with Gasteiger partial charge in [0.2, 0.25) is 5.91 Å². The molecule has 46 heavy (non-hydrogen) atoms. The van der Waals surface area contributed by atoms with Gasteiger partial charge in [-0.05, 0) is 28.1 Å². The van der Waals surface area contributed by atoms with Gasteiger partial charge in [0.1, 0.15) is 12.2 Å². The Morgan fingerprint density at radius 3 is 2.09 bits per heavy atom. The summed E-state index contributed by atoms with van der Waals surface area (Å²) in [6.07, 6.45) is -4.64. The molecule has 0 radical (unpaired) electrons. The van der Waals surface area contributed by atoms with Crippen LogP contribution >= 0.6 is 56.7 Å². The first-order valence-electron chi connectivity index (χ1n) is 14.3. The molecule has 1 saturated heterocycles. The van der Waals surface area contributed by atoms with Gasteiger partial charge in [-0.2, -0.15) is 0 Å². The number of nitrogens with one attached hydrogen (secondary N) is 3. The van der Waals surface area contributed by atoms with Crippen molar-refractivity contribution in [3.63, 3.8) is 0 Å². The number of piperazine rings is 1. The number of nitrogens with zero attached hydrogens (tertiary/aromatic N) is 2. The van der Waals surface area contributed by atoms with E-state index in [1.165, 1.54) is 22.1 Å². The van der Waals surface area contributed by atoms with Gasteiger partial charge in [0.05, 0.1) is 25.4 Å². The first-order chi connectivity index (χ1) is 21.2. The van der Waals surface area contributed by atoms with Gasteiger partial charge in [-0.3, -0.25) is 25.2 Å². The molecule has 6 atom stereocenters. The standard InChI is InChI=1S/C29H41Br2N5O8.2ClH/c1-35-12-14-36(15-13-35)11-8-22(38)33-34-29(42)27(44-17-5-10-31)25(40)24(39)26(43-16-4-9-30)28(41)32-23-20-7-3-2-6-19(20)18-21(23)37;;/h2-7,9-10,21,23-27,37,39-40H,8,11-18H2,1H3,(H,32,41)(H,33,38)(H,34,42);2*1H/b9-4+,10-5+;;/t21-,23+,24-,25-,26-,27-;;/m1../s1. The lowest BCUT2D eigenvalue weighted by Crippen LogP contribution is -2.58. The minimum Gasteiger partial charge on any atom is -0.390 e. The number of hydrogen-bond donors (Lipinski definition) is 6.